The number of benzene rings is 3. The number of anilines is 2. The van der Waals surface area contributed by atoms with Gasteiger partial charge in [0.25, 0.3) is 11.8 Å². The van der Waals surface area contributed by atoms with Gasteiger partial charge in [0.15, 0.2) is 11.6 Å². The van der Waals surface area contributed by atoms with Gasteiger partial charge in [0, 0.05) is 6.07 Å². The summed E-state index contributed by atoms with van der Waals surface area (Å²) in [5.41, 5.74) is 2.07. The number of methoxy groups -OCH3 is 1. The fraction of sp³-hybridized carbons (Fsp3) is 0.0833. The van der Waals surface area contributed by atoms with Crippen LogP contribution in [0.1, 0.15) is 11.1 Å². The molecule has 1 heterocycles. The molecule has 1 aliphatic rings. The van der Waals surface area contributed by atoms with Crippen molar-refractivity contribution >= 4 is 28.8 Å². The van der Waals surface area contributed by atoms with Gasteiger partial charge in [-0.05, 0) is 36.8 Å². The van der Waals surface area contributed by atoms with E-state index in [0.717, 1.165) is 22.6 Å². The standard InChI is InChI=1S/C24H18F2N2O3/c1-14-7-9-15(10-8-14)21-22(27-19-5-3-4-6-20(19)31-2)24(30)28(23(21)29)16-11-12-17(25)18(26)13-16/h3-13,27H,1-2H3. The Balaban J connectivity index is 1.84. The fourth-order valence-corrected chi connectivity index (χ4v) is 3.37. The first-order valence-corrected chi connectivity index (χ1v) is 9.46. The van der Waals surface area contributed by atoms with E-state index < -0.39 is 23.4 Å². The van der Waals surface area contributed by atoms with Crippen molar-refractivity contribution in [1.29, 1.82) is 0 Å². The lowest BCUT2D eigenvalue weighted by atomic mass is 10.0. The summed E-state index contributed by atoms with van der Waals surface area (Å²) in [6.45, 7) is 1.90. The lowest BCUT2D eigenvalue weighted by Crippen LogP contribution is -2.32. The van der Waals surface area contributed by atoms with E-state index in [0.29, 0.717) is 17.0 Å². The number of para-hydroxylation sites is 2. The molecule has 1 N–H and O–H groups in total. The van der Waals surface area contributed by atoms with Gasteiger partial charge in [-0.2, -0.15) is 0 Å². The number of ether oxygens (including phenoxy) is 1. The van der Waals surface area contributed by atoms with Crippen LogP contribution < -0.4 is 15.0 Å². The van der Waals surface area contributed by atoms with Crippen molar-refractivity contribution in [3.8, 4) is 5.75 Å². The van der Waals surface area contributed by atoms with Crippen molar-refractivity contribution in [2.24, 2.45) is 0 Å². The summed E-state index contributed by atoms with van der Waals surface area (Å²) < 4.78 is 32.6. The number of rotatable bonds is 5. The Morgan fingerprint density at radius 2 is 1.58 bits per heavy atom. The van der Waals surface area contributed by atoms with Gasteiger partial charge in [0.1, 0.15) is 11.4 Å². The van der Waals surface area contributed by atoms with E-state index in [1.54, 1.807) is 36.4 Å². The van der Waals surface area contributed by atoms with E-state index in [1.807, 2.05) is 19.1 Å². The van der Waals surface area contributed by atoms with Crippen LogP contribution in [0.3, 0.4) is 0 Å². The topological polar surface area (TPSA) is 58.6 Å². The SMILES string of the molecule is COc1ccccc1NC1=C(c2ccc(C)cc2)C(=O)N(c2ccc(F)c(F)c2)C1=O. The van der Waals surface area contributed by atoms with E-state index in [9.17, 15) is 18.4 Å². The molecule has 0 unspecified atom stereocenters. The first-order chi connectivity index (χ1) is 14.9. The number of nitrogens with zero attached hydrogens (tertiary/aromatic N) is 1. The molecule has 1 aliphatic heterocycles. The van der Waals surface area contributed by atoms with Gasteiger partial charge in [0.05, 0.1) is 24.1 Å². The van der Waals surface area contributed by atoms with Crippen molar-refractivity contribution in [3.05, 3.63) is 95.2 Å². The molecular formula is C24H18F2N2O3. The molecule has 0 saturated carbocycles. The summed E-state index contributed by atoms with van der Waals surface area (Å²) >= 11 is 0. The highest BCUT2D eigenvalue weighted by atomic mass is 19.2. The number of hydrogen-bond acceptors (Lipinski definition) is 4. The summed E-state index contributed by atoms with van der Waals surface area (Å²) in [6.07, 6.45) is 0. The lowest BCUT2D eigenvalue weighted by molar-refractivity contribution is -0.120. The first-order valence-electron chi connectivity index (χ1n) is 9.46. The van der Waals surface area contributed by atoms with Gasteiger partial charge in [-0.1, -0.05) is 42.0 Å². The van der Waals surface area contributed by atoms with Crippen molar-refractivity contribution in [2.45, 2.75) is 6.92 Å². The number of imide groups is 1. The molecule has 31 heavy (non-hydrogen) atoms. The number of carbonyl (C=O) groups excluding carboxylic acids is 2. The molecular weight excluding hydrogens is 402 g/mol. The summed E-state index contributed by atoms with van der Waals surface area (Å²) in [7, 11) is 1.49. The first kappa shape index (κ1) is 20.3. The number of aryl methyl sites for hydroxylation is 1. The largest absolute Gasteiger partial charge is 0.495 e. The highest BCUT2D eigenvalue weighted by molar-refractivity contribution is 6.46. The van der Waals surface area contributed by atoms with Crippen LogP contribution in [-0.2, 0) is 9.59 Å². The van der Waals surface area contributed by atoms with Gasteiger partial charge < -0.3 is 10.1 Å². The van der Waals surface area contributed by atoms with Crippen LogP contribution in [0.5, 0.6) is 5.75 Å². The Bertz CT molecular complexity index is 1220. The maximum Gasteiger partial charge on any atom is 0.282 e. The Labute approximate surface area is 177 Å². The van der Waals surface area contributed by atoms with Crippen molar-refractivity contribution in [2.75, 3.05) is 17.3 Å². The third kappa shape index (κ3) is 3.66. The average molecular weight is 420 g/mol. The van der Waals surface area contributed by atoms with Crippen LogP contribution in [0, 0.1) is 18.6 Å². The highest BCUT2D eigenvalue weighted by Gasteiger charge is 2.40. The molecule has 156 valence electrons. The smallest absolute Gasteiger partial charge is 0.282 e. The Morgan fingerprint density at radius 3 is 2.26 bits per heavy atom. The van der Waals surface area contributed by atoms with E-state index in [4.69, 9.17) is 4.74 Å². The second-order valence-corrected chi connectivity index (χ2v) is 6.99. The van der Waals surface area contributed by atoms with Crippen molar-refractivity contribution < 1.29 is 23.1 Å². The van der Waals surface area contributed by atoms with Crippen LogP contribution in [0.15, 0.2) is 72.4 Å². The number of halogens is 2. The molecule has 0 radical (unpaired) electrons. The zero-order valence-electron chi connectivity index (χ0n) is 16.8. The van der Waals surface area contributed by atoms with Crippen LogP contribution in [0.25, 0.3) is 5.57 Å². The summed E-state index contributed by atoms with van der Waals surface area (Å²) in [6, 6.07) is 16.9. The minimum absolute atomic E-state index is 0.0167. The average Bonchev–Trinajstić information content (AvgIpc) is 3.01. The minimum atomic E-state index is -1.15. The quantitative estimate of drug-likeness (QED) is 0.609. The van der Waals surface area contributed by atoms with Gasteiger partial charge in [0.2, 0.25) is 0 Å². The zero-order chi connectivity index (χ0) is 22.1. The zero-order valence-corrected chi connectivity index (χ0v) is 16.8. The summed E-state index contributed by atoms with van der Waals surface area (Å²) in [4.78, 5) is 27.4. The summed E-state index contributed by atoms with van der Waals surface area (Å²) in [5, 5.41) is 3.00. The monoisotopic (exact) mass is 420 g/mol. The fourth-order valence-electron chi connectivity index (χ4n) is 3.37. The molecule has 0 fully saturated rings. The summed E-state index contributed by atoms with van der Waals surface area (Å²) in [5.74, 6) is -3.07. The Morgan fingerprint density at radius 1 is 0.871 bits per heavy atom. The number of hydrogen-bond donors (Lipinski definition) is 1. The molecule has 5 nitrogen and oxygen atoms in total. The van der Waals surface area contributed by atoms with Crippen LogP contribution >= 0.6 is 0 Å². The predicted molar refractivity (Wildman–Crippen MR) is 114 cm³/mol. The van der Waals surface area contributed by atoms with E-state index in [-0.39, 0.29) is 17.0 Å². The lowest BCUT2D eigenvalue weighted by Gasteiger charge is -2.16. The molecule has 7 heteroatoms. The van der Waals surface area contributed by atoms with Crippen LogP contribution in [0.4, 0.5) is 20.2 Å². The predicted octanol–water partition coefficient (Wildman–Crippen LogP) is 4.68. The molecule has 4 rings (SSSR count). The number of nitrogens with one attached hydrogen (secondary N) is 1. The molecule has 0 saturated heterocycles. The maximum atomic E-state index is 13.8. The Hall–Kier alpha value is -4.00. The van der Waals surface area contributed by atoms with Gasteiger partial charge in [-0.15, -0.1) is 0 Å². The van der Waals surface area contributed by atoms with Crippen molar-refractivity contribution in [1.82, 2.24) is 0 Å². The van der Waals surface area contributed by atoms with Crippen molar-refractivity contribution in [3.63, 3.8) is 0 Å². The van der Waals surface area contributed by atoms with Crippen LogP contribution in [-0.4, -0.2) is 18.9 Å². The third-order valence-corrected chi connectivity index (χ3v) is 4.95. The number of amides is 2. The molecule has 2 amide bonds. The molecule has 0 bridgehead atoms. The van der Waals surface area contributed by atoms with E-state index in [1.165, 1.54) is 13.2 Å². The van der Waals surface area contributed by atoms with E-state index in [2.05, 4.69) is 5.32 Å². The molecule has 0 atom stereocenters. The third-order valence-electron chi connectivity index (χ3n) is 4.95. The second kappa shape index (κ2) is 8.02. The second-order valence-electron chi connectivity index (χ2n) is 6.99. The van der Waals surface area contributed by atoms with Gasteiger partial charge >= 0.3 is 0 Å². The number of carbonyl (C=O) groups is 2. The highest BCUT2D eigenvalue weighted by Crippen LogP contribution is 2.36. The molecule has 0 aliphatic carbocycles. The minimum Gasteiger partial charge on any atom is -0.495 e. The Kier molecular flexibility index (Phi) is 5.25. The maximum absolute atomic E-state index is 13.8. The van der Waals surface area contributed by atoms with Gasteiger partial charge in [-0.3, -0.25) is 9.59 Å². The molecule has 3 aromatic carbocycles. The molecule has 0 aromatic heterocycles. The normalized spacial score (nSPS) is 13.7. The van der Waals surface area contributed by atoms with Gasteiger partial charge in [-0.25, -0.2) is 13.7 Å². The van der Waals surface area contributed by atoms with Crippen LogP contribution in [0.2, 0.25) is 0 Å². The molecule has 3 aromatic rings. The van der Waals surface area contributed by atoms with E-state index >= 15 is 0 Å². The molecule has 0 spiro atoms.